The van der Waals surface area contributed by atoms with Crippen LogP contribution in [0, 0.1) is 5.92 Å². The van der Waals surface area contributed by atoms with E-state index in [1.54, 1.807) is 11.9 Å². The van der Waals surface area contributed by atoms with Gasteiger partial charge in [-0.1, -0.05) is 39.5 Å². The molecule has 0 aromatic carbocycles. The summed E-state index contributed by atoms with van der Waals surface area (Å²) in [5.41, 5.74) is 0. The summed E-state index contributed by atoms with van der Waals surface area (Å²) in [4.78, 5) is 25.1. The first-order chi connectivity index (χ1) is 9.41. The van der Waals surface area contributed by atoms with Gasteiger partial charge in [0.1, 0.15) is 6.04 Å². The Morgan fingerprint density at radius 2 is 1.75 bits per heavy atom. The largest absolute Gasteiger partial charge is 0.480 e. The van der Waals surface area contributed by atoms with Gasteiger partial charge in [0.25, 0.3) is 0 Å². The Balaban J connectivity index is 2.55. The van der Waals surface area contributed by atoms with Gasteiger partial charge < -0.3 is 15.3 Å². The summed E-state index contributed by atoms with van der Waals surface area (Å²) in [6, 6.07) is -0.813. The lowest BCUT2D eigenvalue weighted by Gasteiger charge is -2.29. The molecule has 0 aromatic heterocycles. The molecule has 5 nitrogen and oxygen atoms in total. The average Bonchev–Trinajstić information content (AvgIpc) is 2.65. The van der Waals surface area contributed by atoms with Gasteiger partial charge in [-0.2, -0.15) is 0 Å². The molecule has 2 N–H and O–H groups in total. The Kier molecular flexibility index (Phi) is 6.82. The molecule has 1 saturated carbocycles. The molecule has 5 heteroatoms. The third-order valence-corrected chi connectivity index (χ3v) is 4.00. The molecular weight excluding hydrogens is 256 g/mol. The number of aliphatic carboxylic acids is 1. The standard InChI is InChI=1S/C15H28N2O3/c1-11(2)10-13(14(18)19)16-15(20)17(3)12-8-6-4-5-7-9-12/h11-13H,4-10H2,1-3H3,(H,16,20)(H,18,19). The third-order valence-electron chi connectivity index (χ3n) is 4.00. The van der Waals surface area contributed by atoms with Crippen molar-refractivity contribution >= 4 is 12.0 Å². The van der Waals surface area contributed by atoms with Gasteiger partial charge in [-0.05, 0) is 25.2 Å². The van der Waals surface area contributed by atoms with Crippen molar-refractivity contribution in [1.29, 1.82) is 0 Å². The van der Waals surface area contributed by atoms with E-state index in [0.717, 1.165) is 25.7 Å². The van der Waals surface area contributed by atoms with E-state index in [4.69, 9.17) is 0 Å². The number of nitrogens with zero attached hydrogens (tertiary/aromatic N) is 1. The van der Waals surface area contributed by atoms with Crippen LogP contribution < -0.4 is 5.32 Å². The zero-order valence-corrected chi connectivity index (χ0v) is 12.9. The fraction of sp³-hybridized carbons (Fsp3) is 0.867. The molecule has 1 atom stereocenters. The Morgan fingerprint density at radius 1 is 1.20 bits per heavy atom. The van der Waals surface area contributed by atoms with Crippen molar-refractivity contribution in [2.45, 2.75) is 70.9 Å². The Labute approximate surface area is 121 Å². The van der Waals surface area contributed by atoms with Crippen LogP contribution in [0.3, 0.4) is 0 Å². The maximum atomic E-state index is 12.2. The summed E-state index contributed by atoms with van der Waals surface area (Å²) in [5.74, 6) is -0.721. The molecule has 0 aliphatic heterocycles. The van der Waals surface area contributed by atoms with Gasteiger partial charge in [0.05, 0.1) is 0 Å². The number of hydrogen-bond acceptors (Lipinski definition) is 2. The molecule has 2 amide bonds. The molecule has 0 heterocycles. The number of nitrogens with one attached hydrogen (secondary N) is 1. The predicted molar refractivity (Wildman–Crippen MR) is 78.7 cm³/mol. The lowest BCUT2D eigenvalue weighted by Crippen LogP contribution is -2.50. The molecule has 0 saturated heterocycles. The number of amides is 2. The predicted octanol–water partition coefficient (Wildman–Crippen LogP) is 2.85. The van der Waals surface area contributed by atoms with Crippen molar-refractivity contribution in [3.8, 4) is 0 Å². The minimum absolute atomic E-state index is 0.236. The van der Waals surface area contributed by atoms with Gasteiger partial charge in [-0.15, -0.1) is 0 Å². The van der Waals surface area contributed by atoms with Crippen molar-refractivity contribution < 1.29 is 14.7 Å². The summed E-state index contributed by atoms with van der Waals surface area (Å²) in [6.07, 6.45) is 7.26. The van der Waals surface area contributed by atoms with Gasteiger partial charge in [0.2, 0.25) is 0 Å². The first-order valence-corrected chi connectivity index (χ1v) is 7.68. The highest BCUT2D eigenvalue weighted by Crippen LogP contribution is 2.21. The van der Waals surface area contributed by atoms with Crippen LogP contribution in [0.25, 0.3) is 0 Å². The molecule has 20 heavy (non-hydrogen) atoms. The van der Waals surface area contributed by atoms with Crippen LogP contribution in [-0.2, 0) is 4.79 Å². The average molecular weight is 284 g/mol. The molecule has 1 aliphatic rings. The quantitative estimate of drug-likeness (QED) is 0.763. The zero-order valence-electron chi connectivity index (χ0n) is 12.9. The third kappa shape index (κ3) is 5.39. The fourth-order valence-corrected chi connectivity index (χ4v) is 2.75. The Bertz CT molecular complexity index is 323. The van der Waals surface area contributed by atoms with Crippen LogP contribution in [-0.4, -0.2) is 41.1 Å². The second kappa shape index (κ2) is 8.12. The van der Waals surface area contributed by atoms with Crippen LogP contribution in [0.1, 0.15) is 58.8 Å². The first kappa shape index (κ1) is 16.8. The lowest BCUT2D eigenvalue weighted by molar-refractivity contribution is -0.139. The van der Waals surface area contributed by atoms with E-state index in [1.807, 2.05) is 13.8 Å². The molecule has 1 rings (SSSR count). The monoisotopic (exact) mass is 284 g/mol. The van der Waals surface area contributed by atoms with Crippen LogP contribution >= 0.6 is 0 Å². The van der Waals surface area contributed by atoms with E-state index in [9.17, 15) is 14.7 Å². The van der Waals surface area contributed by atoms with E-state index in [-0.39, 0.29) is 18.0 Å². The van der Waals surface area contributed by atoms with Gasteiger partial charge >= 0.3 is 12.0 Å². The van der Waals surface area contributed by atoms with Crippen molar-refractivity contribution in [1.82, 2.24) is 10.2 Å². The SMILES string of the molecule is CC(C)CC(NC(=O)N(C)C1CCCCCC1)C(=O)O. The minimum atomic E-state index is -0.957. The highest BCUT2D eigenvalue weighted by atomic mass is 16.4. The summed E-state index contributed by atoms with van der Waals surface area (Å²) in [6.45, 7) is 3.91. The van der Waals surface area contributed by atoms with Crippen LogP contribution in [0.2, 0.25) is 0 Å². The van der Waals surface area contributed by atoms with Gasteiger partial charge in [-0.25, -0.2) is 9.59 Å². The Hall–Kier alpha value is -1.26. The summed E-state index contributed by atoms with van der Waals surface area (Å²) in [7, 11) is 1.78. The molecule has 1 aliphatic carbocycles. The number of carboxylic acids is 1. The highest BCUT2D eigenvalue weighted by molar-refractivity contribution is 5.82. The van der Waals surface area contributed by atoms with E-state index in [0.29, 0.717) is 6.42 Å². The lowest BCUT2D eigenvalue weighted by atomic mass is 10.0. The second-order valence-corrected chi connectivity index (χ2v) is 6.23. The van der Waals surface area contributed by atoms with E-state index >= 15 is 0 Å². The van der Waals surface area contributed by atoms with Gasteiger partial charge in [0, 0.05) is 13.1 Å². The van der Waals surface area contributed by atoms with Gasteiger partial charge in [0.15, 0.2) is 0 Å². The molecule has 1 fully saturated rings. The van der Waals surface area contributed by atoms with Gasteiger partial charge in [-0.3, -0.25) is 0 Å². The highest BCUT2D eigenvalue weighted by Gasteiger charge is 2.26. The normalized spacial score (nSPS) is 18.4. The topological polar surface area (TPSA) is 69.6 Å². The fourth-order valence-electron chi connectivity index (χ4n) is 2.75. The number of carboxylic acid groups (broad SMARTS) is 1. The molecule has 116 valence electrons. The van der Waals surface area contributed by atoms with Crippen LogP contribution in [0.15, 0.2) is 0 Å². The maximum absolute atomic E-state index is 12.2. The molecule has 0 radical (unpaired) electrons. The molecule has 0 spiro atoms. The zero-order chi connectivity index (χ0) is 15.1. The van der Waals surface area contributed by atoms with E-state index in [1.165, 1.54) is 12.8 Å². The number of carbonyl (C=O) groups excluding carboxylic acids is 1. The van der Waals surface area contributed by atoms with Crippen LogP contribution in [0.5, 0.6) is 0 Å². The number of carbonyl (C=O) groups is 2. The molecule has 0 bridgehead atoms. The van der Waals surface area contributed by atoms with E-state index in [2.05, 4.69) is 5.32 Å². The molecule has 0 aromatic rings. The van der Waals surface area contributed by atoms with Crippen molar-refractivity contribution in [3.63, 3.8) is 0 Å². The smallest absolute Gasteiger partial charge is 0.326 e. The van der Waals surface area contributed by atoms with Crippen molar-refractivity contribution in [2.75, 3.05) is 7.05 Å². The summed E-state index contributed by atoms with van der Waals surface area (Å²) in [5, 5.41) is 11.8. The van der Waals surface area contributed by atoms with E-state index < -0.39 is 12.0 Å². The number of urea groups is 1. The van der Waals surface area contributed by atoms with Crippen LogP contribution in [0.4, 0.5) is 4.79 Å². The molecule has 1 unspecified atom stereocenters. The summed E-state index contributed by atoms with van der Waals surface area (Å²) < 4.78 is 0. The number of hydrogen-bond donors (Lipinski definition) is 2. The minimum Gasteiger partial charge on any atom is -0.480 e. The Morgan fingerprint density at radius 3 is 2.20 bits per heavy atom. The van der Waals surface area contributed by atoms with Crippen molar-refractivity contribution in [3.05, 3.63) is 0 Å². The second-order valence-electron chi connectivity index (χ2n) is 6.23. The number of rotatable bonds is 5. The first-order valence-electron chi connectivity index (χ1n) is 7.68. The summed E-state index contributed by atoms with van der Waals surface area (Å²) >= 11 is 0. The maximum Gasteiger partial charge on any atom is 0.326 e. The molecular formula is C15H28N2O3. The van der Waals surface area contributed by atoms with Crippen molar-refractivity contribution in [2.24, 2.45) is 5.92 Å².